The van der Waals surface area contributed by atoms with Crippen molar-refractivity contribution < 1.29 is 13.2 Å². The van der Waals surface area contributed by atoms with E-state index in [9.17, 15) is 13.2 Å². The molecule has 0 radical (unpaired) electrons. The van der Waals surface area contributed by atoms with Crippen LogP contribution in [0.1, 0.15) is 30.9 Å². The number of nitrogens with one attached hydrogen (secondary N) is 1. The summed E-state index contributed by atoms with van der Waals surface area (Å²) in [7, 11) is 0. The molecule has 0 unspecified atom stereocenters. The molecule has 15 heavy (non-hydrogen) atoms. The van der Waals surface area contributed by atoms with Crippen molar-refractivity contribution in [2.75, 3.05) is 6.54 Å². The standard InChI is InChI=1S/C11H12F3N/c12-8-5-4-7(10(13)11(8)14)9-3-1-2-6-15-9/h4-5,9,15H,1-3,6H2/t9-/m0/s1. The van der Waals surface area contributed by atoms with Gasteiger partial charge in [-0.25, -0.2) is 13.2 Å². The molecule has 1 atom stereocenters. The highest BCUT2D eigenvalue weighted by Gasteiger charge is 2.21. The molecule has 1 saturated heterocycles. The fraction of sp³-hybridized carbons (Fsp3) is 0.455. The Kier molecular flexibility index (Phi) is 2.95. The van der Waals surface area contributed by atoms with Gasteiger partial charge in [-0.1, -0.05) is 12.5 Å². The average Bonchev–Trinajstić information content (AvgIpc) is 2.27. The summed E-state index contributed by atoms with van der Waals surface area (Å²) in [6.45, 7) is 0.795. The summed E-state index contributed by atoms with van der Waals surface area (Å²) < 4.78 is 39.1. The lowest BCUT2D eigenvalue weighted by atomic mass is 9.97. The lowest BCUT2D eigenvalue weighted by molar-refractivity contribution is 0.382. The topological polar surface area (TPSA) is 12.0 Å². The third kappa shape index (κ3) is 2.00. The van der Waals surface area contributed by atoms with Gasteiger partial charge in [0.25, 0.3) is 0 Å². The Morgan fingerprint density at radius 3 is 2.53 bits per heavy atom. The summed E-state index contributed by atoms with van der Waals surface area (Å²) >= 11 is 0. The van der Waals surface area contributed by atoms with E-state index in [2.05, 4.69) is 5.32 Å². The van der Waals surface area contributed by atoms with E-state index in [4.69, 9.17) is 0 Å². The Hall–Kier alpha value is -1.03. The minimum Gasteiger partial charge on any atom is -0.310 e. The zero-order valence-corrected chi connectivity index (χ0v) is 8.19. The molecule has 1 aromatic rings. The molecule has 2 rings (SSSR count). The van der Waals surface area contributed by atoms with Crippen molar-refractivity contribution >= 4 is 0 Å². The van der Waals surface area contributed by atoms with E-state index < -0.39 is 17.5 Å². The van der Waals surface area contributed by atoms with Crippen LogP contribution in [0.2, 0.25) is 0 Å². The predicted molar refractivity (Wildman–Crippen MR) is 50.9 cm³/mol. The van der Waals surface area contributed by atoms with E-state index in [1.165, 1.54) is 6.07 Å². The van der Waals surface area contributed by atoms with Crippen LogP contribution in [0.25, 0.3) is 0 Å². The van der Waals surface area contributed by atoms with Gasteiger partial charge in [-0.05, 0) is 25.5 Å². The van der Waals surface area contributed by atoms with Gasteiger partial charge < -0.3 is 5.32 Å². The first-order valence-corrected chi connectivity index (χ1v) is 5.07. The second-order valence-electron chi connectivity index (χ2n) is 3.77. The van der Waals surface area contributed by atoms with Gasteiger partial charge in [0.05, 0.1) is 0 Å². The van der Waals surface area contributed by atoms with Crippen LogP contribution in [0.15, 0.2) is 12.1 Å². The number of piperidine rings is 1. The molecular formula is C11H12F3N. The van der Waals surface area contributed by atoms with Gasteiger partial charge in [-0.15, -0.1) is 0 Å². The maximum Gasteiger partial charge on any atom is 0.194 e. The maximum absolute atomic E-state index is 13.4. The second kappa shape index (κ2) is 4.23. The maximum atomic E-state index is 13.4. The van der Waals surface area contributed by atoms with E-state index in [0.29, 0.717) is 0 Å². The molecule has 1 fully saturated rings. The zero-order valence-electron chi connectivity index (χ0n) is 8.19. The number of hydrogen-bond donors (Lipinski definition) is 1. The SMILES string of the molecule is Fc1ccc([C@@H]2CCCCN2)c(F)c1F. The Labute approximate surface area is 86.3 Å². The first kappa shape index (κ1) is 10.5. The van der Waals surface area contributed by atoms with Crippen molar-refractivity contribution in [1.29, 1.82) is 0 Å². The molecule has 1 aromatic carbocycles. The van der Waals surface area contributed by atoms with Gasteiger partial charge in [-0.3, -0.25) is 0 Å². The molecule has 0 spiro atoms. The Bertz CT molecular complexity index is 359. The van der Waals surface area contributed by atoms with Crippen LogP contribution >= 0.6 is 0 Å². The van der Waals surface area contributed by atoms with E-state index >= 15 is 0 Å². The van der Waals surface area contributed by atoms with Crippen LogP contribution in [0.3, 0.4) is 0 Å². The van der Waals surface area contributed by atoms with Crippen LogP contribution in [-0.2, 0) is 0 Å². The third-order valence-corrected chi connectivity index (χ3v) is 2.75. The number of hydrogen-bond acceptors (Lipinski definition) is 1. The third-order valence-electron chi connectivity index (χ3n) is 2.75. The van der Waals surface area contributed by atoms with Gasteiger partial charge >= 0.3 is 0 Å². The van der Waals surface area contributed by atoms with Gasteiger partial charge in [0, 0.05) is 11.6 Å². The van der Waals surface area contributed by atoms with Gasteiger partial charge in [0.1, 0.15) is 0 Å². The van der Waals surface area contributed by atoms with Crippen LogP contribution in [0.5, 0.6) is 0 Å². The molecule has 1 heterocycles. The Morgan fingerprint density at radius 2 is 1.87 bits per heavy atom. The quantitative estimate of drug-likeness (QED) is 0.710. The summed E-state index contributed by atoms with van der Waals surface area (Å²) in [5.41, 5.74) is 0.230. The van der Waals surface area contributed by atoms with Gasteiger partial charge in [0.15, 0.2) is 17.5 Å². The van der Waals surface area contributed by atoms with Crippen LogP contribution in [-0.4, -0.2) is 6.54 Å². The van der Waals surface area contributed by atoms with Gasteiger partial charge in [-0.2, -0.15) is 0 Å². The molecule has 4 heteroatoms. The van der Waals surface area contributed by atoms with Crippen molar-refractivity contribution in [3.05, 3.63) is 35.1 Å². The zero-order chi connectivity index (χ0) is 10.8. The van der Waals surface area contributed by atoms with Crippen molar-refractivity contribution in [2.45, 2.75) is 25.3 Å². The number of benzene rings is 1. The van der Waals surface area contributed by atoms with E-state index in [-0.39, 0.29) is 11.6 Å². The Morgan fingerprint density at radius 1 is 1.07 bits per heavy atom. The summed E-state index contributed by atoms with van der Waals surface area (Å²) in [6.07, 6.45) is 2.79. The normalized spacial score (nSPS) is 21.7. The minimum absolute atomic E-state index is 0.186. The summed E-state index contributed by atoms with van der Waals surface area (Å²) in [4.78, 5) is 0. The van der Waals surface area contributed by atoms with Crippen molar-refractivity contribution in [3.63, 3.8) is 0 Å². The molecule has 1 N–H and O–H groups in total. The first-order chi connectivity index (χ1) is 7.20. The average molecular weight is 215 g/mol. The van der Waals surface area contributed by atoms with E-state index in [0.717, 1.165) is 31.9 Å². The lowest BCUT2D eigenvalue weighted by Crippen LogP contribution is -2.27. The highest BCUT2D eigenvalue weighted by Crippen LogP contribution is 2.27. The highest BCUT2D eigenvalue weighted by atomic mass is 19.2. The fourth-order valence-electron chi connectivity index (χ4n) is 1.93. The highest BCUT2D eigenvalue weighted by molar-refractivity contribution is 5.23. The Balaban J connectivity index is 2.31. The first-order valence-electron chi connectivity index (χ1n) is 5.07. The summed E-state index contributed by atoms with van der Waals surface area (Å²) in [5.74, 6) is -3.57. The fourth-order valence-corrected chi connectivity index (χ4v) is 1.93. The molecule has 1 aliphatic rings. The lowest BCUT2D eigenvalue weighted by Gasteiger charge is -2.24. The molecule has 0 bridgehead atoms. The van der Waals surface area contributed by atoms with E-state index in [1.54, 1.807) is 0 Å². The molecule has 82 valence electrons. The molecular weight excluding hydrogens is 203 g/mol. The molecule has 0 aromatic heterocycles. The van der Waals surface area contributed by atoms with Crippen molar-refractivity contribution in [3.8, 4) is 0 Å². The van der Waals surface area contributed by atoms with Crippen molar-refractivity contribution in [1.82, 2.24) is 5.32 Å². The molecule has 0 aliphatic carbocycles. The summed E-state index contributed by atoms with van der Waals surface area (Å²) in [6, 6.07) is 2.11. The van der Waals surface area contributed by atoms with Crippen LogP contribution < -0.4 is 5.32 Å². The van der Waals surface area contributed by atoms with Crippen molar-refractivity contribution in [2.24, 2.45) is 0 Å². The minimum atomic E-state index is -1.38. The molecule has 0 amide bonds. The molecule has 1 aliphatic heterocycles. The second-order valence-corrected chi connectivity index (χ2v) is 3.77. The largest absolute Gasteiger partial charge is 0.310 e. The smallest absolute Gasteiger partial charge is 0.194 e. The van der Waals surface area contributed by atoms with Gasteiger partial charge in [0.2, 0.25) is 0 Å². The number of rotatable bonds is 1. The monoisotopic (exact) mass is 215 g/mol. The molecule has 0 saturated carbocycles. The number of halogens is 3. The van der Waals surface area contributed by atoms with E-state index in [1.807, 2.05) is 0 Å². The van der Waals surface area contributed by atoms with Crippen LogP contribution in [0.4, 0.5) is 13.2 Å². The van der Waals surface area contributed by atoms with Crippen LogP contribution in [0, 0.1) is 17.5 Å². The summed E-state index contributed by atoms with van der Waals surface area (Å²) in [5, 5.41) is 3.09. The predicted octanol–water partition coefficient (Wildman–Crippen LogP) is 2.92. The molecule has 1 nitrogen and oxygen atoms in total.